The van der Waals surface area contributed by atoms with Gasteiger partial charge in [0.1, 0.15) is 0 Å². The molecule has 0 fully saturated rings. The van der Waals surface area contributed by atoms with Crippen molar-refractivity contribution in [1.29, 1.82) is 0 Å². The molecule has 0 spiro atoms. The van der Waals surface area contributed by atoms with Crippen LogP contribution >= 0.6 is 0 Å². The van der Waals surface area contributed by atoms with E-state index in [9.17, 15) is 0 Å². The number of fused-ring (bicyclic) bond motifs is 1. The van der Waals surface area contributed by atoms with Crippen molar-refractivity contribution in [2.75, 3.05) is 7.05 Å². The second kappa shape index (κ2) is 20.0. The van der Waals surface area contributed by atoms with Gasteiger partial charge in [0.25, 0.3) is 0 Å². The molecule has 130 valence electrons. The van der Waals surface area contributed by atoms with Crippen LogP contribution in [0.25, 0.3) is 16.3 Å². The van der Waals surface area contributed by atoms with E-state index in [-0.39, 0.29) is 0 Å². The number of nitrogens with zero attached hydrogens (tertiary/aromatic N) is 2. The molecule has 0 aliphatic heterocycles. The average molecular weight is 318 g/mol. The molecular formula is C20H35N3. The molecule has 0 amide bonds. The number of allylic oxidation sites excluding steroid dienone is 3. The van der Waals surface area contributed by atoms with Crippen LogP contribution in [0.5, 0.6) is 0 Å². The third-order valence-electron chi connectivity index (χ3n) is 2.37. The predicted octanol–water partition coefficient (Wildman–Crippen LogP) is 5.87. The first-order valence-electron chi connectivity index (χ1n) is 8.21. The minimum Gasteiger partial charge on any atom is -0.333 e. The molecule has 0 bridgehead atoms. The summed E-state index contributed by atoms with van der Waals surface area (Å²) < 4.78 is 0. The maximum absolute atomic E-state index is 4.50. The lowest BCUT2D eigenvalue weighted by Crippen LogP contribution is -1.88. The van der Waals surface area contributed by atoms with Gasteiger partial charge >= 0.3 is 0 Å². The van der Waals surface area contributed by atoms with Gasteiger partial charge in [0, 0.05) is 29.4 Å². The van der Waals surface area contributed by atoms with E-state index in [2.05, 4.69) is 35.3 Å². The molecule has 2 rings (SSSR count). The summed E-state index contributed by atoms with van der Waals surface area (Å²) in [7, 11) is 1.50. The number of hydrogen-bond donors (Lipinski definition) is 1. The fourth-order valence-electron chi connectivity index (χ4n) is 1.47. The normalized spacial score (nSPS) is 8.65. The molecule has 2 aromatic rings. The smallest absolute Gasteiger partial charge is 0.0734 e. The summed E-state index contributed by atoms with van der Waals surface area (Å²) in [5.74, 6) is 0. The number of pyridine rings is 2. The highest BCUT2D eigenvalue weighted by molar-refractivity contribution is 5.90. The number of nitrogens with two attached hydrogens (primary N) is 1. The molecule has 3 nitrogen and oxygen atoms in total. The first kappa shape index (κ1) is 25.9. The Bertz CT molecular complexity index is 526. The third kappa shape index (κ3) is 10.4. The van der Waals surface area contributed by atoms with Crippen LogP contribution in [-0.2, 0) is 0 Å². The molecule has 3 heteroatoms. The maximum Gasteiger partial charge on any atom is 0.0734 e. The van der Waals surface area contributed by atoms with Crippen molar-refractivity contribution < 1.29 is 0 Å². The van der Waals surface area contributed by atoms with E-state index in [1.165, 1.54) is 12.6 Å². The molecule has 0 aliphatic rings. The van der Waals surface area contributed by atoms with Crippen LogP contribution in [0.4, 0.5) is 0 Å². The average Bonchev–Trinajstić information content (AvgIpc) is 2.66. The topological polar surface area (TPSA) is 51.8 Å². The maximum atomic E-state index is 4.50. The predicted molar refractivity (Wildman–Crippen MR) is 108 cm³/mol. The molecule has 2 heterocycles. The Morgan fingerprint density at radius 1 is 1.04 bits per heavy atom. The Balaban J connectivity index is -0.000000382. The second-order valence-corrected chi connectivity index (χ2v) is 3.64. The van der Waals surface area contributed by atoms with E-state index < -0.39 is 0 Å². The van der Waals surface area contributed by atoms with Gasteiger partial charge in [0.2, 0.25) is 0 Å². The first-order chi connectivity index (χ1) is 11.2. The van der Waals surface area contributed by atoms with Crippen LogP contribution in [0, 0.1) is 0 Å². The van der Waals surface area contributed by atoms with E-state index >= 15 is 0 Å². The van der Waals surface area contributed by atoms with Gasteiger partial charge in [0.05, 0.1) is 5.69 Å². The van der Waals surface area contributed by atoms with Crippen molar-refractivity contribution in [3.05, 3.63) is 55.1 Å². The van der Waals surface area contributed by atoms with E-state index in [4.69, 9.17) is 0 Å². The van der Waals surface area contributed by atoms with Crippen LogP contribution in [0.2, 0.25) is 0 Å². The summed E-state index contributed by atoms with van der Waals surface area (Å²) >= 11 is 0. The van der Waals surface area contributed by atoms with Crippen LogP contribution in [0.1, 0.15) is 54.2 Å². The molecule has 0 aliphatic carbocycles. The Morgan fingerprint density at radius 3 is 2.04 bits per heavy atom. The molecule has 0 saturated heterocycles. The van der Waals surface area contributed by atoms with Crippen LogP contribution in [-0.4, -0.2) is 17.0 Å². The molecule has 0 unspecified atom stereocenters. The van der Waals surface area contributed by atoms with Gasteiger partial charge in [-0.05, 0) is 45.5 Å². The fraction of sp³-hybridized carbons (Fsp3) is 0.400. The van der Waals surface area contributed by atoms with Crippen molar-refractivity contribution in [2.24, 2.45) is 5.73 Å². The SMILES string of the molecule is C/C=C(\C)c1nccc2cnccc12.C=CC.CC.CC.CN. The molecule has 0 radical (unpaired) electrons. The van der Waals surface area contributed by atoms with Crippen LogP contribution in [0.15, 0.2) is 49.5 Å². The van der Waals surface area contributed by atoms with Gasteiger partial charge in [-0.15, -0.1) is 6.58 Å². The Morgan fingerprint density at radius 2 is 1.57 bits per heavy atom. The van der Waals surface area contributed by atoms with E-state index in [1.54, 1.807) is 12.3 Å². The molecule has 0 atom stereocenters. The van der Waals surface area contributed by atoms with Crippen molar-refractivity contribution in [3.8, 4) is 0 Å². The van der Waals surface area contributed by atoms with Crippen molar-refractivity contribution in [3.63, 3.8) is 0 Å². The van der Waals surface area contributed by atoms with Crippen molar-refractivity contribution in [1.82, 2.24) is 9.97 Å². The summed E-state index contributed by atoms with van der Waals surface area (Å²) in [5.41, 5.74) is 6.74. The van der Waals surface area contributed by atoms with E-state index in [0.717, 1.165) is 16.5 Å². The van der Waals surface area contributed by atoms with Gasteiger partial charge in [-0.1, -0.05) is 39.8 Å². The van der Waals surface area contributed by atoms with E-state index in [1.807, 2.05) is 66.1 Å². The summed E-state index contributed by atoms with van der Waals surface area (Å²) in [4.78, 5) is 8.47. The quantitative estimate of drug-likeness (QED) is 0.669. The highest BCUT2D eigenvalue weighted by atomic mass is 14.7. The van der Waals surface area contributed by atoms with Gasteiger partial charge in [0.15, 0.2) is 0 Å². The highest BCUT2D eigenvalue weighted by Gasteiger charge is 2.02. The number of rotatable bonds is 1. The first-order valence-corrected chi connectivity index (χ1v) is 8.21. The van der Waals surface area contributed by atoms with Gasteiger partial charge in [-0.3, -0.25) is 9.97 Å². The monoisotopic (exact) mass is 317 g/mol. The largest absolute Gasteiger partial charge is 0.333 e. The fourth-order valence-corrected chi connectivity index (χ4v) is 1.47. The van der Waals surface area contributed by atoms with Crippen molar-refractivity contribution in [2.45, 2.75) is 48.5 Å². The van der Waals surface area contributed by atoms with Gasteiger partial charge in [-0.25, -0.2) is 0 Å². The van der Waals surface area contributed by atoms with Gasteiger partial charge < -0.3 is 5.73 Å². The minimum absolute atomic E-state index is 1.05. The standard InChI is InChI=1S/C12H12N2.C3H6.2C2H6.CH5N/c1-3-9(2)12-11-5-6-13-8-10(11)4-7-14-12;1-3-2;3*1-2/h3-8H,1-2H3;3H,1H2,2H3;2*1-2H3;2H2,1H3/b9-3+;;;;. The Hall–Kier alpha value is -2.00. The number of aromatic nitrogens is 2. The number of hydrogen-bond acceptors (Lipinski definition) is 3. The van der Waals surface area contributed by atoms with Gasteiger partial charge in [-0.2, -0.15) is 0 Å². The second-order valence-electron chi connectivity index (χ2n) is 3.64. The molecule has 0 saturated carbocycles. The summed E-state index contributed by atoms with van der Waals surface area (Å²) in [6, 6.07) is 3.99. The van der Waals surface area contributed by atoms with E-state index in [0.29, 0.717) is 0 Å². The van der Waals surface area contributed by atoms with Crippen LogP contribution < -0.4 is 5.73 Å². The summed E-state index contributed by atoms with van der Waals surface area (Å²) in [5, 5.41) is 2.30. The van der Waals surface area contributed by atoms with Crippen molar-refractivity contribution >= 4 is 16.3 Å². The zero-order chi connectivity index (χ0) is 18.7. The molecule has 2 N–H and O–H groups in total. The zero-order valence-electron chi connectivity index (χ0n) is 16.2. The molecular weight excluding hydrogens is 282 g/mol. The molecule has 23 heavy (non-hydrogen) atoms. The molecule has 2 aromatic heterocycles. The lowest BCUT2D eigenvalue weighted by atomic mass is 10.1. The highest BCUT2D eigenvalue weighted by Crippen LogP contribution is 2.21. The minimum atomic E-state index is 1.05. The third-order valence-corrected chi connectivity index (χ3v) is 2.37. The Labute approximate surface area is 143 Å². The zero-order valence-corrected chi connectivity index (χ0v) is 16.2. The lowest BCUT2D eigenvalue weighted by molar-refractivity contribution is 1.28. The lowest BCUT2D eigenvalue weighted by Gasteiger charge is -2.04. The Kier molecular flexibility index (Phi) is 22.5. The van der Waals surface area contributed by atoms with Crippen LogP contribution in [0.3, 0.4) is 0 Å². The summed E-state index contributed by atoms with van der Waals surface area (Å²) in [6.07, 6.45) is 9.31. The summed E-state index contributed by atoms with van der Waals surface area (Å²) in [6.45, 7) is 17.3. The molecule has 0 aromatic carbocycles.